The summed E-state index contributed by atoms with van der Waals surface area (Å²) < 4.78 is 2.00. The maximum absolute atomic E-state index is 4.29. The van der Waals surface area contributed by atoms with E-state index in [9.17, 15) is 0 Å². The molecule has 2 rings (SSSR count). The molecule has 0 aliphatic heterocycles. The standard InChI is InChI=1S/C10H13N3/c1-3-4-8-5-9-10(11-6-8)12-7-13(9)2/h5-7H,3-4H2,1-2H3. The van der Waals surface area contributed by atoms with E-state index in [4.69, 9.17) is 0 Å². The van der Waals surface area contributed by atoms with E-state index < -0.39 is 0 Å². The minimum atomic E-state index is 0.836. The van der Waals surface area contributed by atoms with E-state index in [1.165, 1.54) is 5.56 Å². The summed E-state index contributed by atoms with van der Waals surface area (Å²) >= 11 is 0. The van der Waals surface area contributed by atoms with Crippen LogP contribution in [-0.2, 0) is 13.5 Å². The van der Waals surface area contributed by atoms with Crippen LogP contribution < -0.4 is 0 Å². The summed E-state index contributed by atoms with van der Waals surface area (Å²) in [7, 11) is 1.99. The average molecular weight is 175 g/mol. The molecule has 0 bridgehead atoms. The van der Waals surface area contributed by atoms with Gasteiger partial charge in [-0.15, -0.1) is 0 Å². The Morgan fingerprint density at radius 3 is 3.00 bits per heavy atom. The fourth-order valence-electron chi connectivity index (χ4n) is 1.48. The lowest BCUT2D eigenvalue weighted by Crippen LogP contribution is -1.89. The zero-order chi connectivity index (χ0) is 9.26. The Morgan fingerprint density at radius 2 is 2.23 bits per heavy atom. The van der Waals surface area contributed by atoms with Gasteiger partial charge >= 0.3 is 0 Å². The molecule has 3 heteroatoms. The second kappa shape index (κ2) is 3.17. The molecule has 0 fully saturated rings. The fourth-order valence-corrected chi connectivity index (χ4v) is 1.48. The van der Waals surface area contributed by atoms with Crippen molar-refractivity contribution in [2.45, 2.75) is 19.8 Å². The number of rotatable bonds is 2. The average Bonchev–Trinajstić information content (AvgIpc) is 2.49. The molecule has 3 nitrogen and oxygen atoms in total. The van der Waals surface area contributed by atoms with E-state index in [0.717, 1.165) is 24.0 Å². The Labute approximate surface area is 77.4 Å². The van der Waals surface area contributed by atoms with Crippen LogP contribution >= 0.6 is 0 Å². The molecule has 0 saturated carbocycles. The van der Waals surface area contributed by atoms with E-state index in [1.54, 1.807) is 6.33 Å². The van der Waals surface area contributed by atoms with E-state index in [2.05, 4.69) is 23.0 Å². The maximum Gasteiger partial charge on any atom is 0.177 e. The van der Waals surface area contributed by atoms with Gasteiger partial charge < -0.3 is 4.57 Å². The molecule has 0 aliphatic rings. The van der Waals surface area contributed by atoms with Crippen molar-refractivity contribution in [1.29, 1.82) is 0 Å². The highest BCUT2D eigenvalue weighted by molar-refractivity contribution is 5.71. The number of fused-ring (bicyclic) bond motifs is 1. The molecule has 0 aliphatic carbocycles. The first-order chi connectivity index (χ1) is 6.31. The Morgan fingerprint density at radius 1 is 1.38 bits per heavy atom. The number of aromatic nitrogens is 3. The van der Waals surface area contributed by atoms with Crippen molar-refractivity contribution in [3.8, 4) is 0 Å². The van der Waals surface area contributed by atoms with Gasteiger partial charge in [0.1, 0.15) is 0 Å². The number of nitrogens with zero attached hydrogens (tertiary/aromatic N) is 3. The summed E-state index contributed by atoms with van der Waals surface area (Å²) in [6.07, 6.45) is 5.96. The number of pyridine rings is 1. The van der Waals surface area contributed by atoms with Crippen LogP contribution in [0.15, 0.2) is 18.6 Å². The topological polar surface area (TPSA) is 30.7 Å². The monoisotopic (exact) mass is 175 g/mol. The molecule has 0 N–H and O–H groups in total. The van der Waals surface area contributed by atoms with Crippen LogP contribution in [0.4, 0.5) is 0 Å². The smallest absolute Gasteiger partial charge is 0.177 e. The summed E-state index contributed by atoms with van der Waals surface area (Å²) in [4.78, 5) is 8.46. The normalized spacial score (nSPS) is 10.9. The summed E-state index contributed by atoms with van der Waals surface area (Å²) in [5, 5.41) is 0. The summed E-state index contributed by atoms with van der Waals surface area (Å²) in [5.74, 6) is 0. The molecular formula is C10H13N3. The molecule has 2 aromatic rings. The van der Waals surface area contributed by atoms with Gasteiger partial charge in [-0.05, 0) is 18.1 Å². The van der Waals surface area contributed by atoms with Crippen LogP contribution in [0.2, 0.25) is 0 Å². The molecule has 2 aromatic heterocycles. The number of hydrogen-bond donors (Lipinski definition) is 0. The molecular weight excluding hydrogens is 162 g/mol. The van der Waals surface area contributed by atoms with Crippen LogP contribution in [0.1, 0.15) is 18.9 Å². The van der Waals surface area contributed by atoms with Crippen LogP contribution in [-0.4, -0.2) is 14.5 Å². The summed E-state index contributed by atoms with van der Waals surface area (Å²) in [6, 6.07) is 2.17. The van der Waals surface area contributed by atoms with Crippen molar-refractivity contribution >= 4 is 11.2 Å². The molecule has 0 aromatic carbocycles. The highest BCUT2D eigenvalue weighted by atomic mass is 15.0. The first-order valence-corrected chi connectivity index (χ1v) is 4.57. The molecule has 0 radical (unpaired) electrons. The Bertz CT molecular complexity index is 417. The zero-order valence-corrected chi connectivity index (χ0v) is 7.99. The predicted octanol–water partition coefficient (Wildman–Crippen LogP) is 1.92. The van der Waals surface area contributed by atoms with Gasteiger partial charge in [-0.3, -0.25) is 0 Å². The molecule has 0 amide bonds. The SMILES string of the molecule is CCCc1cnc2ncn(C)c2c1. The summed E-state index contributed by atoms with van der Waals surface area (Å²) in [6.45, 7) is 2.17. The lowest BCUT2D eigenvalue weighted by atomic mass is 10.2. The van der Waals surface area contributed by atoms with Gasteiger partial charge in [-0.25, -0.2) is 9.97 Å². The molecule has 0 unspecified atom stereocenters. The first kappa shape index (κ1) is 8.23. The van der Waals surface area contributed by atoms with Crippen molar-refractivity contribution in [1.82, 2.24) is 14.5 Å². The Hall–Kier alpha value is -1.38. The van der Waals surface area contributed by atoms with Gasteiger partial charge in [0.2, 0.25) is 0 Å². The quantitative estimate of drug-likeness (QED) is 0.698. The largest absolute Gasteiger partial charge is 0.332 e. The minimum absolute atomic E-state index is 0.836. The second-order valence-corrected chi connectivity index (χ2v) is 3.29. The molecule has 0 atom stereocenters. The van der Waals surface area contributed by atoms with E-state index >= 15 is 0 Å². The maximum atomic E-state index is 4.29. The van der Waals surface area contributed by atoms with E-state index in [0.29, 0.717) is 0 Å². The van der Waals surface area contributed by atoms with Gasteiger partial charge in [0.05, 0.1) is 11.8 Å². The lowest BCUT2D eigenvalue weighted by molar-refractivity contribution is 0.911. The van der Waals surface area contributed by atoms with Crippen molar-refractivity contribution < 1.29 is 0 Å². The number of imidazole rings is 1. The summed E-state index contributed by atoms with van der Waals surface area (Å²) in [5.41, 5.74) is 3.24. The fraction of sp³-hybridized carbons (Fsp3) is 0.400. The first-order valence-electron chi connectivity index (χ1n) is 4.57. The van der Waals surface area contributed by atoms with E-state index in [-0.39, 0.29) is 0 Å². The van der Waals surface area contributed by atoms with Crippen molar-refractivity contribution in [3.05, 3.63) is 24.2 Å². The van der Waals surface area contributed by atoms with Gasteiger partial charge in [0.25, 0.3) is 0 Å². The van der Waals surface area contributed by atoms with Gasteiger partial charge in [0, 0.05) is 13.2 Å². The van der Waals surface area contributed by atoms with Crippen molar-refractivity contribution in [2.24, 2.45) is 7.05 Å². The zero-order valence-electron chi connectivity index (χ0n) is 7.99. The highest BCUT2D eigenvalue weighted by Crippen LogP contribution is 2.11. The highest BCUT2D eigenvalue weighted by Gasteiger charge is 2.01. The lowest BCUT2D eigenvalue weighted by Gasteiger charge is -1.98. The predicted molar refractivity (Wildman–Crippen MR) is 52.5 cm³/mol. The van der Waals surface area contributed by atoms with Crippen LogP contribution in [0.3, 0.4) is 0 Å². The minimum Gasteiger partial charge on any atom is -0.332 e. The van der Waals surface area contributed by atoms with Crippen LogP contribution in [0.25, 0.3) is 11.2 Å². The Kier molecular flexibility index (Phi) is 2.00. The Balaban J connectivity index is 2.53. The third kappa shape index (κ3) is 1.41. The third-order valence-corrected chi connectivity index (χ3v) is 2.18. The van der Waals surface area contributed by atoms with Gasteiger partial charge in [0.15, 0.2) is 5.65 Å². The molecule has 2 heterocycles. The van der Waals surface area contributed by atoms with E-state index in [1.807, 2.05) is 17.8 Å². The van der Waals surface area contributed by atoms with Crippen molar-refractivity contribution in [3.63, 3.8) is 0 Å². The number of hydrogen-bond acceptors (Lipinski definition) is 2. The molecule has 0 spiro atoms. The third-order valence-electron chi connectivity index (χ3n) is 2.18. The van der Waals surface area contributed by atoms with Crippen molar-refractivity contribution in [2.75, 3.05) is 0 Å². The van der Waals surface area contributed by atoms with Gasteiger partial charge in [-0.1, -0.05) is 13.3 Å². The van der Waals surface area contributed by atoms with Gasteiger partial charge in [-0.2, -0.15) is 0 Å². The van der Waals surface area contributed by atoms with Crippen LogP contribution in [0, 0.1) is 0 Å². The second-order valence-electron chi connectivity index (χ2n) is 3.29. The molecule has 13 heavy (non-hydrogen) atoms. The molecule has 0 saturated heterocycles. The molecule has 68 valence electrons. The number of aryl methyl sites for hydroxylation is 2. The van der Waals surface area contributed by atoms with Crippen LogP contribution in [0.5, 0.6) is 0 Å².